The molecule has 2 aromatic carbocycles. The maximum absolute atomic E-state index is 12.2. The van der Waals surface area contributed by atoms with Crippen LogP contribution in [0.25, 0.3) is 10.1 Å². The summed E-state index contributed by atoms with van der Waals surface area (Å²) in [5.41, 5.74) is 2.13. The number of anilines is 2. The molecular weight excluding hydrogens is 424 g/mol. The Morgan fingerprint density at radius 1 is 0.968 bits per heavy atom. The van der Waals surface area contributed by atoms with Crippen molar-refractivity contribution in [1.29, 1.82) is 0 Å². The molecule has 0 atom stereocenters. The number of rotatable bonds is 6. The van der Waals surface area contributed by atoms with Crippen molar-refractivity contribution in [2.75, 3.05) is 42.9 Å². The zero-order chi connectivity index (χ0) is 21.0. The highest BCUT2D eigenvalue weighted by Gasteiger charge is 2.20. The predicted molar refractivity (Wildman–Crippen MR) is 131 cm³/mol. The van der Waals surface area contributed by atoms with Crippen LogP contribution in [-0.4, -0.2) is 47.9 Å². The minimum absolute atomic E-state index is 0.0477. The summed E-state index contributed by atoms with van der Waals surface area (Å²) in [6.45, 7) is 5.19. The van der Waals surface area contributed by atoms with E-state index in [0.717, 1.165) is 55.5 Å². The summed E-state index contributed by atoms with van der Waals surface area (Å²) in [5, 5.41) is 6.14. The average Bonchev–Trinajstić information content (AvgIpc) is 3.49. The Morgan fingerprint density at radius 3 is 2.55 bits per heavy atom. The van der Waals surface area contributed by atoms with Crippen molar-refractivity contribution >= 4 is 50.4 Å². The van der Waals surface area contributed by atoms with Crippen molar-refractivity contribution in [3.8, 4) is 0 Å². The quantitative estimate of drug-likeness (QED) is 0.452. The molecule has 1 saturated heterocycles. The van der Waals surface area contributed by atoms with E-state index < -0.39 is 0 Å². The van der Waals surface area contributed by atoms with Gasteiger partial charge in [0.15, 0.2) is 0 Å². The summed E-state index contributed by atoms with van der Waals surface area (Å²) in [5.74, 6) is 1.09. The number of nitrogens with zero attached hydrogens (tertiary/aromatic N) is 3. The molecule has 1 N–H and O–H groups in total. The molecule has 0 radical (unpaired) electrons. The zero-order valence-electron chi connectivity index (χ0n) is 17.2. The number of nitrogens with one attached hydrogen (secondary N) is 1. The second kappa shape index (κ2) is 9.18. The van der Waals surface area contributed by atoms with Gasteiger partial charge in [0.2, 0.25) is 0 Å². The topological polar surface area (TPSA) is 48.5 Å². The van der Waals surface area contributed by atoms with Crippen LogP contribution in [0.2, 0.25) is 0 Å². The maximum atomic E-state index is 12.2. The lowest BCUT2D eigenvalue weighted by molar-refractivity contribution is 0.103. The predicted octanol–water partition coefficient (Wildman–Crippen LogP) is 4.97. The Labute approximate surface area is 190 Å². The molecule has 0 bridgehead atoms. The van der Waals surface area contributed by atoms with Crippen molar-refractivity contribution in [3.05, 3.63) is 76.5 Å². The van der Waals surface area contributed by atoms with Crippen LogP contribution in [0.1, 0.15) is 15.2 Å². The molecule has 158 valence electrons. The van der Waals surface area contributed by atoms with Crippen LogP contribution in [0.5, 0.6) is 0 Å². The molecule has 0 spiro atoms. The van der Waals surface area contributed by atoms with Gasteiger partial charge in [-0.2, -0.15) is 4.37 Å². The Morgan fingerprint density at radius 2 is 1.77 bits per heavy atom. The summed E-state index contributed by atoms with van der Waals surface area (Å²) in [6.07, 6.45) is 1.01. The number of benzene rings is 2. The van der Waals surface area contributed by atoms with Gasteiger partial charge in [-0.15, -0.1) is 11.3 Å². The summed E-state index contributed by atoms with van der Waals surface area (Å²) in [4.78, 5) is 17.8. The number of fused-ring (bicyclic) bond motifs is 1. The first-order valence-corrected chi connectivity index (χ1v) is 12.2. The summed E-state index contributed by atoms with van der Waals surface area (Å²) < 4.78 is 5.96. The Hall–Kier alpha value is -2.74. The van der Waals surface area contributed by atoms with Gasteiger partial charge in [-0.05, 0) is 59.2 Å². The second-order valence-corrected chi connectivity index (χ2v) is 9.46. The standard InChI is InChI=1S/C24H24N4OS2/c29-24(22-6-3-17-30-22)25-19-9-7-18(8-10-19)11-12-27-13-15-28(16-14-27)23-20-4-1-2-5-21(20)31-26-23/h1-10,17H,11-16H2,(H,25,29). The van der Waals surface area contributed by atoms with Gasteiger partial charge in [-0.3, -0.25) is 9.69 Å². The molecule has 1 fully saturated rings. The number of aromatic nitrogens is 1. The Bertz CT molecular complexity index is 1150. The summed E-state index contributed by atoms with van der Waals surface area (Å²) in [6, 6.07) is 20.4. The first-order valence-electron chi connectivity index (χ1n) is 10.5. The molecule has 1 aliphatic rings. The van der Waals surface area contributed by atoms with Gasteiger partial charge in [0.25, 0.3) is 5.91 Å². The van der Waals surface area contributed by atoms with Crippen molar-refractivity contribution in [1.82, 2.24) is 9.27 Å². The third kappa shape index (κ3) is 4.63. The second-order valence-electron chi connectivity index (χ2n) is 7.71. The van der Waals surface area contributed by atoms with Crippen molar-refractivity contribution in [2.24, 2.45) is 0 Å². The van der Waals surface area contributed by atoms with Gasteiger partial charge in [-0.25, -0.2) is 0 Å². The molecule has 0 aliphatic carbocycles. The summed E-state index contributed by atoms with van der Waals surface area (Å²) in [7, 11) is 0. The first-order chi connectivity index (χ1) is 15.3. The maximum Gasteiger partial charge on any atom is 0.265 e. The smallest absolute Gasteiger partial charge is 0.265 e. The van der Waals surface area contributed by atoms with Crippen LogP contribution < -0.4 is 10.2 Å². The van der Waals surface area contributed by atoms with E-state index in [0.29, 0.717) is 0 Å². The van der Waals surface area contributed by atoms with Crippen LogP contribution in [-0.2, 0) is 6.42 Å². The Kier molecular flexibility index (Phi) is 5.97. The van der Waals surface area contributed by atoms with Gasteiger partial charge in [0, 0.05) is 43.8 Å². The first kappa shape index (κ1) is 20.2. The van der Waals surface area contributed by atoms with Gasteiger partial charge in [0.1, 0.15) is 5.82 Å². The Balaban J connectivity index is 1.11. The van der Waals surface area contributed by atoms with Crippen LogP contribution in [0.3, 0.4) is 0 Å². The van der Waals surface area contributed by atoms with Gasteiger partial charge in [-0.1, -0.05) is 30.3 Å². The van der Waals surface area contributed by atoms with Gasteiger partial charge < -0.3 is 10.2 Å². The minimum Gasteiger partial charge on any atom is -0.353 e. The highest BCUT2D eigenvalue weighted by molar-refractivity contribution is 7.13. The lowest BCUT2D eigenvalue weighted by Gasteiger charge is -2.35. The van der Waals surface area contributed by atoms with E-state index in [1.165, 1.54) is 27.0 Å². The average molecular weight is 449 g/mol. The molecule has 31 heavy (non-hydrogen) atoms. The number of amides is 1. The van der Waals surface area contributed by atoms with Gasteiger partial charge >= 0.3 is 0 Å². The number of hydrogen-bond donors (Lipinski definition) is 1. The minimum atomic E-state index is -0.0477. The van der Waals surface area contributed by atoms with Crippen molar-refractivity contribution in [2.45, 2.75) is 6.42 Å². The lowest BCUT2D eigenvalue weighted by Crippen LogP contribution is -2.47. The monoisotopic (exact) mass is 448 g/mol. The molecule has 7 heteroatoms. The molecule has 1 amide bonds. The van der Waals surface area contributed by atoms with Crippen LogP contribution in [0, 0.1) is 0 Å². The highest BCUT2D eigenvalue weighted by atomic mass is 32.1. The molecule has 5 nitrogen and oxygen atoms in total. The van der Waals surface area contributed by atoms with Crippen LogP contribution in [0.15, 0.2) is 66.0 Å². The van der Waals surface area contributed by atoms with E-state index in [2.05, 4.69) is 51.5 Å². The zero-order valence-corrected chi connectivity index (χ0v) is 18.8. The van der Waals surface area contributed by atoms with Gasteiger partial charge in [0.05, 0.1) is 9.58 Å². The van der Waals surface area contributed by atoms with Crippen LogP contribution in [0.4, 0.5) is 11.5 Å². The highest BCUT2D eigenvalue weighted by Crippen LogP contribution is 2.29. The van der Waals surface area contributed by atoms with E-state index in [-0.39, 0.29) is 5.91 Å². The third-order valence-electron chi connectivity index (χ3n) is 5.70. The molecule has 0 unspecified atom stereocenters. The molecule has 2 aromatic heterocycles. The largest absolute Gasteiger partial charge is 0.353 e. The van der Waals surface area contributed by atoms with E-state index >= 15 is 0 Å². The van der Waals surface area contributed by atoms with Crippen LogP contribution >= 0.6 is 22.9 Å². The molecular formula is C24H24N4OS2. The molecule has 3 heterocycles. The molecule has 0 saturated carbocycles. The lowest BCUT2D eigenvalue weighted by atomic mass is 10.1. The van der Waals surface area contributed by atoms with E-state index in [9.17, 15) is 4.79 Å². The fourth-order valence-electron chi connectivity index (χ4n) is 3.93. The van der Waals surface area contributed by atoms with E-state index in [1.54, 1.807) is 11.5 Å². The SMILES string of the molecule is O=C(Nc1ccc(CCN2CCN(c3nsc4ccccc34)CC2)cc1)c1cccs1. The fraction of sp³-hybridized carbons (Fsp3) is 0.250. The molecule has 5 rings (SSSR count). The normalized spacial score (nSPS) is 14.8. The van der Waals surface area contributed by atoms with E-state index in [1.807, 2.05) is 29.6 Å². The number of piperazine rings is 1. The fourth-order valence-corrected chi connectivity index (χ4v) is 5.34. The molecule has 1 aliphatic heterocycles. The number of hydrogen-bond acceptors (Lipinski definition) is 6. The number of carbonyl (C=O) groups is 1. The third-order valence-corrected chi connectivity index (χ3v) is 7.39. The van der Waals surface area contributed by atoms with E-state index in [4.69, 9.17) is 4.37 Å². The number of thiophene rings is 1. The van der Waals surface area contributed by atoms with Crippen molar-refractivity contribution < 1.29 is 4.79 Å². The number of carbonyl (C=O) groups excluding carboxylic acids is 1. The van der Waals surface area contributed by atoms with Crippen molar-refractivity contribution in [3.63, 3.8) is 0 Å². The summed E-state index contributed by atoms with van der Waals surface area (Å²) >= 11 is 3.04. The molecule has 4 aromatic rings.